The Bertz CT molecular complexity index is 2050. The van der Waals surface area contributed by atoms with Crippen LogP contribution in [0, 0.1) is 5.92 Å². The van der Waals surface area contributed by atoms with E-state index in [-0.39, 0.29) is 11.3 Å². The molecule has 190 valence electrons. The summed E-state index contributed by atoms with van der Waals surface area (Å²) in [5.74, 6) is 0.581. The summed E-state index contributed by atoms with van der Waals surface area (Å²) in [6, 6.07) is 40.1. The molecule has 9 rings (SSSR count). The van der Waals surface area contributed by atoms with Crippen LogP contribution in [0.3, 0.4) is 0 Å². The summed E-state index contributed by atoms with van der Waals surface area (Å²) < 4.78 is 2.66. The van der Waals surface area contributed by atoms with Crippen molar-refractivity contribution in [2.75, 3.05) is 4.90 Å². The van der Waals surface area contributed by atoms with Crippen molar-refractivity contribution in [2.24, 2.45) is 5.92 Å². The lowest BCUT2D eigenvalue weighted by atomic mass is 9.60. The molecule has 0 radical (unpaired) electrons. The lowest BCUT2D eigenvalue weighted by molar-refractivity contribution is 0.454. The van der Waals surface area contributed by atoms with Crippen molar-refractivity contribution in [3.63, 3.8) is 0 Å². The number of anilines is 3. The van der Waals surface area contributed by atoms with Gasteiger partial charge in [-0.1, -0.05) is 103 Å². The number of hydrogen-bond acceptors (Lipinski definition) is 2. The fourth-order valence-electron chi connectivity index (χ4n) is 7.71. The summed E-state index contributed by atoms with van der Waals surface area (Å²) in [7, 11) is 0. The Hall–Kier alpha value is -4.11. The molecular weight excluding hydrogens is 526 g/mol. The van der Waals surface area contributed by atoms with Gasteiger partial charge in [0.25, 0.3) is 0 Å². The molecule has 1 aliphatic heterocycles. The molecule has 1 nitrogen and oxygen atoms in total. The number of para-hydroxylation sites is 1. The van der Waals surface area contributed by atoms with Crippen LogP contribution in [-0.4, -0.2) is 0 Å². The third kappa shape index (κ3) is 2.83. The van der Waals surface area contributed by atoms with Gasteiger partial charge >= 0.3 is 0 Å². The normalized spacial score (nSPS) is 22.0. The van der Waals surface area contributed by atoms with E-state index in [1.807, 2.05) is 11.3 Å². The fraction of sp³-hybridized carbons (Fsp3) is 0.0811. The molecular formula is C37H24ClNS. The summed E-state index contributed by atoms with van der Waals surface area (Å²) in [6.07, 6.45) is 9.30. The van der Waals surface area contributed by atoms with Gasteiger partial charge in [-0.15, -0.1) is 11.3 Å². The van der Waals surface area contributed by atoms with Crippen molar-refractivity contribution in [3.05, 3.63) is 161 Å². The molecule has 3 aliphatic rings. The van der Waals surface area contributed by atoms with Crippen LogP contribution in [-0.2, 0) is 5.41 Å². The quantitative estimate of drug-likeness (QED) is 0.197. The summed E-state index contributed by atoms with van der Waals surface area (Å²) in [5, 5.41) is 3.37. The summed E-state index contributed by atoms with van der Waals surface area (Å²) in [4.78, 5) is 2.44. The van der Waals surface area contributed by atoms with E-state index in [0.29, 0.717) is 5.92 Å². The number of rotatable bonds is 1. The molecule has 0 saturated heterocycles. The van der Waals surface area contributed by atoms with Crippen molar-refractivity contribution < 1.29 is 0 Å². The van der Waals surface area contributed by atoms with Gasteiger partial charge in [0.15, 0.2) is 0 Å². The van der Waals surface area contributed by atoms with Crippen LogP contribution in [0.4, 0.5) is 17.1 Å². The Labute approximate surface area is 242 Å². The Balaban J connectivity index is 1.49. The highest BCUT2D eigenvalue weighted by molar-refractivity contribution is 7.25. The van der Waals surface area contributed by atoms with E-state index in [2.05, 4.69) is 138 Å². The average molecular weight is 550 g/mol. The van der Waals surface area contributed by atoms with E-state index in [4.69, 9.17) is 11.6 Å². The second-order valence-corrected chi connectivity index (χ2v) is 12.5. The van der Waals surface area contributed by atoms with Gasteiger partial charge in [-0.3, -0.25) is 0 Å². The maximum absolute atomic E-state index is 6.79. The van der Waals surface area contributed by atoms with Crippen molar-refractivity contribution in [1.29, 1.82) is 0 Å². The Morgan fingerprint density at radius 1 is 0.625 bits per heavy atom. The predicted molar refractivity (Wildman–Crippen MR) is 170 cm³/mol. The first-order valence-electron chi connectivity index (χ1n) is 13.8. The SMILES string of the molecule is Clc1ccc2c(c1)N(c1ccccc1)c1cc3c(cc1C21c2ccccc2C2C=CC=CC21)sc1ccccc13. The van der Waals surface area contributed by atoms with Crippen LogP contribution in [0.5, 0.6) is 0 Å². The van der Waals surface area contributed by atoms with E-state index in [1.165, 1.54) is 48.1 Å². The van der Waals surface area contributed by atoms with Gasteiger partial charge in [-0.05, 0) is 64.7 Å². The molecule has 3 atom stereocenters. The van der Waals surface area contributed by atoms with Crippen molar-refractivity contribution >= 4 is 60.2 Å². The number of hydrogen-bond donors (Lipinski definition) is 0. The van der Waals surface area contributed by atoms with E-state index >= 15 is 0 Å². The van der Waals surface area contributed by atoms with Gasteiger partial charge < -0.3 is 4.90 Å². The van der Waals surface area contributed by atoms with Crippen molar-refractivity contribution in [1.82, 2.24) is 0 Å². The zero-order valence-corrected chi connectivity index (χ0v) is 23.2. The third-order valence-electron chi connectivity index (χ3n) is 9.18. The van der Waals surface area contributed by atoms with Gasteiger partial charge in [-0.2, -0.15) is 0 Å². The van der Waals surface area contributed by atoms with Gasteiger partial charge in [0, 0.05) is 42.7 Å². The number of halogens is 1. The Morgan fingerprint density at radius 3 is 2.33 bits per heavy atom. The van der Waals surface area contributed by atoms with Gasteiger partial charge in [0.1, 0.15) is 0 Å². The number of nitrogens with zero attached hydrogens (tertiary/aromatic N) is 1. The molecule has 2 aliphatic carbocycles. The molecule has 40 heavy (non-hydrogen) atoms. The van der Waals surface area contributed by atoms with E-state index < -0.39 is 0 Å². The number of thiophene rings is 1. The maximum Gasteiger partial charge on any atom is 0.0567 e. The number of fused-ring (bicyclic) bond motifs is 12. The van der Waals surface area contributed by atoms with Crippen LogP contribution in [0.15, 0.2) is 133 Å². The highest BCUT2D eigenvalue weighted by Gasteiger charge is 2.57. The molecule has 0 fully saturated rings. The summed E-state index contributed by atoms with van der Waals surface area (Å²) in [5.41, 5.74) is 8.69. The fourth-order valence-corrected chi connectivity index (χ4v) is 9.00. The summed E-state index contributed by atoms with van der Waals surface area (Å²) in [6.45, 7) is 0. The molecule has 3 heteroatoms. The van der Waals surface area contributed by atoms with Crippen LogP contribution < -0.4 is 4.90 Å². The zero-order chi connectivity index (χ0) is 26.4. The molecule has 5 aromatic carbocycles. The lowest BCUT2D eigenvalue weighted by Gasteiger charge is -2.47. The van der Waals surface area contributed by atoms with Crippen LogP contribution in [0.25, 0.3) is 20.2 Å². The maximum atomic E-state index is 6.79. The molecule has 0 bridgehead atoms. The molecule has 1 aromatic heterocycles. The Kier molecular flexibility index (Phi) is 4.65. The first kappa shape index (κ1) is 22.7. The molecule has 2 heterocycles. The predicted octanol–water partition coefficient (Wildman–Crippen LogP) is 10.7. The molecule has 3 unspecified atom stereocenters. The van der Waals surface area contributed by atoms with Gasteiger partial charge in [0.05, 0.1) is 16.8 Å². The van der Waals surface area contributed by atoms with E-state index in [9.17, 15) is 0 Å². The second-order valence-electron chi connectivity index (χ2n) is 11.0. The minimum Gasteiger partial charge on any atom is -0.310 e. The van der Waals surface area contributed by atoms with Crippen molar-refractivity contribution in [3.8, 4) is 0 Å². The second kappa shape index (κ2) is 8.20. The monoisotopic (exact) mass is 549 g/mol. The summed E-state index contributed by atoms with van der Waals surface area (Å²) >= 11 is 8.69. The Morgan fingerprint density at radius 2 is 1.40 bits per heavy atom. The van der Waals surface area contributed by atoms with Crippen LogP contribution in [0.2, 0.25) is 5.02 Å². The first-order valence-corrected chi connectivity index (χ1v) is 15.0. The third-order valence-corrected chi connectivity index (χ3v) is 10.5. The standard InChI is InChI=1S/C37H24ClNS/c38-23-18-19-31-33(20-23)39(24-10-2-1-3-11-24)34-21-28-27-14-6-9-17-35(27)40-36(28)22-32(34)37(31)29-15-7-4-12-25(29)26-13-5-8-16-30(26)37/h1-22,25,29H. The molecule has 0 saturated carbocycles. The van der Waals surface area contributed by atoms with Crippen LogP contribution in [0.1, 0.15) is 28.2 Å². The average Bonchev–Trinajstić information content (AvgIpc) is 3.51. The van der Waals surface area contributed by atoms with Gasteiger partial charge in [0.2, 0.25) is 0 Å². The largest absolute Gasteiger partial charge is 0.310 e. The first-order chi connectivity index (χ1) is 19.7. The minimum atomic E-state index is -0.340. The zero-order valence-electron chi connectivity index (χ0n) is 21.6. The lowest BCUT2D eigenvalue weighted by Crippen LogP contribution is -2.40. The van der Waals surface area contributed by atoms with E-state index in [1.54, 1.807) is 0 Å². The highest BCUT2D eigenvalue weighted by Crippen LogP contribution is 2.66. The van der Waals surface area contributed by atoms with E-state index in [0.717, 1.165) is 16.4 Å². The smallest absolute Gasteiger partial charge is 0.0567 e. The molecule has 0 N–H and O–H groups in total. The molecule has 1 spiro atoms. The minimum absolute atomic E-state index is 0.262. The highest BCUT2D eigenvalue weighted by atomic mass is 35.5. The number of allylic oxidation sites excluding steroid dienone is 4. The molecule has 0 amide bonds. The van der Waals surface area contributed by atoms with Crippen molar-refractivity contribution in [2.45, 2.75) is 11.3 Å². The number of benzene rings is 5. The van der Waals surface area contributed by atoms with Crippen LogP contribution >= 0.6 is 22.9 Å². The topological polar surface area (TPSA) is 3.24 Å². The van der Waals surface area contributed by atoms with Gasteiger partial charge in [-0.25, -0.2) is 0 Å². The molecule has 6 aromatic rings.